The summed E-state index contributed by atoms with van der Waals surface area (Å²) in [5.41, 5.74) is 3.76. The van der Waals surface area contributed by atoms with Crippen LogP contribution in [0.4, 0.5) is 11.5 Å². The number of hydrogen-bond donors (Lipinski definition) is 2. The predicted molar refractivity (Wildman–Crippen MR) is 78.6 cm³/mol. The normalized spacial score (nSPS) is 17.7. The zero-order chi connectivity index (χ0) is 13.2. The minimum atomic E-state index is 0.616. The summed E-state index contributed by atoms with van der Waals surface area (Å²) in [6.45, 7) is 4.02. The van der Waals surface area contributed by atoms with Gasteiger partial charge in [0.25, 0.3) is 0 Å². The summed E-state index contributed by atoms with van der Waals surface area (Å²) in [5, 5.41) is 11.4. The number of anilines is 2. The SMILES string of the molecule is Cc1cc(NCC2CNc3ccccc3C2)n(C)n1. The standard InChI is InChI=1S/C15H20N4/c1-11-7-15(19(2)18-11)17-10-12-8-13-5-3-4-6-14(13)16-9-12/h3-7,12,16-17H,8-10H2,1-2H3. The van der Waals surface area contributed by atoms with E-state index in [9.17, 15) is 0 Å². The van der Waals surface area contributed by atoms with Gasteiger partial charge in [0.2, 0.25) is 0 Å². The van der Waals surface area contributed by atoms with Crippen molar-refractivity contribution < 1.29 is 0 Å². The molecule has 0 radical (unpaired) electrons. The van der Waals surface area contributed by atoms with E-state index in [1.807, 2.05) is 18.7 Å². The van der Waals surface area contributed by atoms with Crippen LogP contribution in [-0.4, -0.2) is 22.9 Å². The molecule has 0 saturated carbocycles. The summed E-state index contributed by atoms with van der Waals surface area (Å²) in [6, 6.07) is 10.7. The lowest BCUT2D eigenvalue weighted by Crippen LogP contribution is -2.29. The van der Waals surface area contributed by atoms with Crippen LogP contribution in [-0.2, 0) is 13.5 Å². The van der Waals surface area contributed by atoms with Crippen molar-refractivity contribution in [2.45, 2.75) is 13.3 Å². The van der Waals surface area contributed by atoms with Crippen molar-refractivity contribution in [3.05, 3.63) is 41.6 Å². The third-order valence-electron chi connectivity index (χ3n) is 3.68. The van der Waals surface area contributed by atoms with Crippen molar-refractivity contribution in [1.29, 1.82) is 0 Å². The van der Waals surface area contributed by atoms with Gasteiger partial charge in [0.05, 0.1) is 5.69 Å². The molecule has 0 fully saturated rings. The zero-order valence-corrected chi connectivity index (χ0v) is 11.5. The highest BCUT2D eigenvalue weighted by Crippen LogP contribution is 2.24. The Morgan fingerprint density at radius 1 is 1.42 bits per heavy atom. The Morgan fingerprint density at radius 2 is 2.26 bits per heavy atom. The Kier molecular flexibility index (Phi) is 3.15. The monoisotopic (exact) mass is 256 g/mol. The second-order valence-electron chi connectivity index (χ2n) is 5.28. The van der Waals surface area contributed by atoms with Gasteiger partial charge in [-0.2, -0.15) is 5.10 Å². The number of aromatic nitrogens is 2. The minimum absolute atomic E-state index is 0.616. The summed E-state index contributed by atoms with van der Waals surface area (Å²) in [4.78, 5) is 0. The van der Waals surface area contributed by atoms with Crippen molar-refractivity contribution in [2.24, 2.45) is 13.0 Å². The predicted octanol–water partition coefficient (Wildman–Crippen LogP) is 2.42. The fourth-order valence-electron chi connectivity index (χ4n) is 2.68. The number of aryl methyl sites for hydroxylation is 2. The van der Waals surface area contributed by atoms with Gasteiger partial charge < -0.3 is 10.6 Å². The van der Waals surface area contributed by atoms with E-state index in [0.29, 0.717) is 5.92 Å². The van der Waals surface area contributed by atoms with Crippen molar-refractivity contribution >= 4 is 11.5 Å². The molecule has 1 aromatic heterocycles. The van der Waals surface area contributed by atoms with Crippen LogP contribution in [0.3, 0.4) is 0 Å². The van der Waals surface area contributed by atoms with Crippen LogP contribution in [0.2, 0.25) is 0 Å². The molecule has 4 nitrogen and oxygen atoms in total. The first-order valence-corrected chi connectivity index (χ1v) is 6.78. The van der Waals surface area contributed by atoms with Crippen LogP contribution in [0.1, 0.15) is 11.3 Å². The lowest BCUT2D eigenvalue weighted by Gasteiger charge is -2.26. The number of benzene rings is 1. The lowest BCUT2D eigenvalue weighted by atomic mass is 9.94. The van der Waals surface area contributed by atoms with Crippen LogP contribution in [0.25, 0.3) is 0 Å². The fraction of sp³-hybridized carbons (Fsp3) is 0.400. The van der Waals surface area contributed by atoms with Gasteiger partial charge in [-0.25, -0.2) is 0 Å². The van der Waals surface area contributed by atoms with Gasteiger partial charge in [-0.1, -0.05) is 18.2 Å². The summed E-state index contributed by atoms with van der Waals surface area (Å²) in [6.07, 6.45) is 1.13. The quantitative estimate of drug-likeness (QED) is 0.886. The van der Waals surface area contributed by atoms with E-state index in [1.54, 1.807) is 0 Å². The Hall–Kier alpha value is -1.97. The van der Waals surface area contributed by atoms with Gasteiger partial charge >= 0.3 is 0 Å². The van der Waals surface area contributed by atoms with Crippen LogP contribution >= 0.6 is 0 Å². The zero-order valence-electron chi connectivity index (χ0n) is 11.5. The van der Waals surface area contributed by atoms with E-state index in [-0.39, 0.29) is 0 Å². The fourth-order valence-corrected chi connectivity index (χ4v) is 2.68. The van der Waals surface area contributed by atoms with Crippen molar-refractivity contribution in [3.63, 3.8) is 0 Å². The number of para-hydroxylation sites is 1. The third-order valence-corrected chi connectivity index (χ3v) is 3.68. The summed E-state index contributed by atoms with van der Waals surface area (Å²) >= 11 is 0. The molecule has 1 aliphatic heterocycles. The van der Waals surface area contributed by atoms with Gasteiger partial charge in [-0.05, 0) is 30.9 Å². The topological polar surface area (TPSA) is 41.9 Å². The molecule has 2 N–H and O–H groups in total. The highest BCUT2D eigenvalue weighted by Gasteiger charge is 2.17. The molecule has 1 unspecified atom stereocenters. The van der Waals surface area contributed by atoms with Gasteiger partial charge in [0.1, 0.15) is 5.82 Å². The lowest BCUT2D eigenvalue weighted by molar-refractivity contribution is 0.562. The summed E-state index contributed by atoms with van der Waals surface area (Å²) < 4.78 is 1.90. The summed E-state index contributed by atoms with van der Waals surface area (Å²) in [5.74, 6) is 1.71. The van der Waals surface area contributed by atoms with E-state index in [2.05, 4.69) is 46.1 Å². The van der Waals surface area contributed by atoms with Crippen molar-refractivity contribution in [3.8, 4) is 0 Å². The van der Waals surface area contributed by atoms with E-state index in [4.69, 9.17) is 0 Å². The second kappa shape index (κ2) is 4.96. The van der Waals surface area contributed by atoms with Gasteiger partial charge in [-0.3, -0.25) is 4.68 Å². The van der Waals surface area contributed by atoms with E-state index in [1.165, 1.54) is 11.3 Å². The number of hydrogen-bond acceptors (Lipinski definition) is 3. The molecule has 1 aliphatic rings. The highest BCUT2D eigenvalue weighted by molar-refractivity contribution is 5.53. The van der Waals surface area contributed by atoms with E-state index < -0.39 is 0 Å². The first-order chi connectivity index (χ1) is 9.22. The number of fused-ring (bicyclic) bond motifs is 1. The molecule has 0 aliphatic carbocycles. The highest BCUT2D eigenvalue weighted by atomic mass is 15.3. The molecule has 0 amide bonds. The first kappa shape index (κ1) is 12.1. The number of rotatable bonds is 3. The molecule has 0 saturated heterocycles. The molecule has 2 aromatic rings. The molecule has 1 aromatic carbocycles. The van der Waals surface area contributed by atoms with Crippen molar-refractivity contribution in [1.82, 2.24) is 9.78 Å². The van der Waals surface area contributed by atoms with Gasteiger partial charge in [0, 0.05) is 31.9 Å². The average Bonchev–Trinajstić information content (AvgIpc) is 2.74. The number of nitrogens with one attached hydrogen (secondary N) is 2. The van der Waals surface area contributed by atoms with Crippen molar-refractivity contribution in [2.75, 3.05) is 23.7 Å². The molecule has 4 heteroatoms. The first-order valence-electron chi connectivity index (χ1n) is 6.78. The second-order valence-corrected chi connectivity index (χ2v) is 5.28. The maximum absolute atomic E-state index is 4.35. The molecule has 3 rings (SSSR count). The molecule has 1 atom stereocenters. The molecule has 19 heavy (non-hydrogen) atoms. The Labute approximate surface area is 113 Å². The average molecular weight is 256 g/mol. The molecular weight excluding hydrogens is 236 g/mol. The molecular formula is C15H20N4. The van der Waals surface area contributed by atoms with Crippen LogP contribution in [0.15, 0.2) is 30.3 Å². The van der Waals surface area contributed by atoms with E-state index >= 15 is 0 Å². The maximum atomic E-state index is 4.35. The molecule has 0 bridgehead atoms. The molecule has 100 valence electrons. The Balaban J connectivity index is 1.62. The van der Waals surface area contributed by atoms with E-state index in [0.717, 1.165) is 31.0 Å². The molecule has 2 heterocycles. The number of nitrogens with zero attached hydrogens (tertiary/aromatic N) is 2. The van der Waals surface area contributed by atoms with Crippen LogP contribution in [0.5, 0.6) is 0 Å². The third kappa shape index (κ3) is 2.57. The van der Waals surface area contributed by atoms with Crippen LogP contribution < -0.4 is 10.6 Å². The Bertz CT molecular complexity index is 573. The van der Waals surface area contributed by atoms with Crippen LogP contribution in [0, 0.1) is 12.8 Å². The minimum Gasteiger partial charge on any atom is -0.384 e. The van der Waals surface area contributed by atoms with Gasteiger partial charge in [0.15, 0.2) is 0 Å². The maximum Gasteiger partial charge on any atom is 0.124 e. The molecule has 0 spiro atoms. The smallest absolute Gasteiger partial charge is 0.124 e. The Morgan fingerprint density at radius 3 is 3.05 bits per heavy atom. The largest absolute Gasteiger partial charge is 0.384 e. The van der Waals surface area contributed by atoms with Gasteiger partial charge in [-0.15, -0.1) is 0 Å². The summed E-state index contributed by atoms with van der Waals surface area (Å²) in [7, 11) is 1.98.